The Hall–Kier alpha value is -2.95. The van der Waals surface area contributed by atoms with E-state index in [1.54, 1.807) is 36.5 Å². The molecule has 2 N–H and O–H groups in total. The first-order chi connectivity index (χ1) is 10.2. The zero-order valence-corrected chi connectivity index (χ0v) is 11.5. The Morgan fingerprint density at radius 1 is 1.10 bits per heavy atom. The normalized spacial score (nSPS) is 10.5. The molecule has 1 aromatic carbocycles. The number of amides is 1. The highest BCUT2D eigenvalue weighted by Crippen LogP contribution is 2.24. The average molecular weight is 278 g/mol. The minimum atomic E-state index is -0.134. The molecular formula is C16H14N4O. The Morgan fingerprint density at radius 3 is 2.48 bits per heavy atom. The Bertz CT molecular complexity index is 802. The number of anilines is 2. The molecule has 0 aliphatic carbocycles. The molecule has 104 valence electrons. The highest BCUT2D eigenvalue weighted by molar-refractivity contribution is 6.14. The molecule has 21 heavy (non-hydrogen) atoms. The molecule has 1 amide bonds. The summed E-state index contributed by atoms with van der Waals surface area (Å²) in [7, 11) is 1.72. The van der Waals surface area contributed by atoms with Gasteiger partial charge in [0.15, 0.2) is 0 Å². The Kier molecular flexibility index (Phi) is 3.23. The van der Waals surface area contributed by atoms with Crippen molar-refractivity contribution in [1.29, 1.82) is 0 Å². The lowest BCUT2D eigenvalue weighted by molar-refractivity contribution is 0.0994. The third-order valence-electron chi connectivity index (χ3n) is 3.41. The zero-order valence-electron chi connectivity index (χ0n) is 11.5. The van der Waals surface area contributed by atoms with Crippen molar-refractivity contribution in [1.82, 2.24) is 9.97 Å². The number of benzene rings is 1. The van der Waals surface area contributed by atoms with E-state index < -0.39 is 0 Å². The highest BCUT2D eigenvalue weighted by atomic mass is 16.2. The minimum absolute atomic E-state index is 0.134. The molecule has 0 bridgehead atoms. The number of carbonyl (C=O) groups is 1. The summed E-state index contributed by atoms with van der Waals surface area (Å²) in [6.07, 6.45) is 4.83. The lowest BCUT2D eigenvalue weighted by Gasteiger charge is -2.18. The molecule has 0 fully saturated rings. The van der Waals surface area contributed by atoms with E-state index in [2.05, 4.69) is 9.97 Å². The van der Waals surface area contributed by atoms with Gasteiger partial charge in [-0.05, 0) is 17.5 Å². The first kappa shape index (κ1) is 13.1. The molecule has 0 spiro atoms. The van der Waals surface area contributed by atoms with Crippen LogP contribution < -0.4 is 10.6 Å². The van der Waals surface area contributed by atoms with Crippen LogP contribution in [0.25, 0.3) is 10.8 Å². The summed E-state index contributed by atoms with van der Waals surface area (Å²) >= 11 is 0. The number of rotatable bonds is 2. The summed E-state index contributed by atoms with van der Waals surface area (Å²) in [5.74, 6) is 0.290. The molecule has 5 nitrogen and oxygen atoms in total. The fourth-order valence-corrected chi connectivity index (χ4v) is 2.25. The smallest absolute Gasteiger partial charge is 0.260 e. The molecule has 0 aliphatic heterocycles. The number of hydrogen-bond acceptors (Lipinski definition) is 4. The van der Waals surface area contributed by atoms with Crippen LogP contribution in [0.1, 0.15) is 10.4 Å². The van der Waals surface area contributed by atoms with Crippen molar-refractivity contribution in [2.45, 2.75) is 0 Å². The van der Waals surface area contributed by atoms with Gasteiger partial charge in [-0.1, -0.05) is 24.3 Å². The molecule has 0 saturated heterocycles. The van der Waals surface area contributed by atoms with Crippen LogP contribution >= 0.6 is 0 Å². The van der Waals surface area contributed by atoms with Gasteiger partial charge in [-0.2, -0.15) is 0 Å². The van der Waals surface area contributed by atoms with Gasteiger partial charge in [-0.15, -0.1) is 0 Å². The number of nitrogen functional groups attached to an aromatic ring is 1. The number of nitrogens with zero attached hydrogens (tertiary/aromatic N) is 3. The van der Waals surface area contributed by atoms with E-state index in [4.69, 9.17) is 5.73 Å². The summed E-state index contributed by atoms with van der Waals surface area (Å²) in [5.41, 5.74) is 7.17. The molecule has 3 rings (SSSR count). The first-order valence-electron chi connectivity index (χ1n) is 6.50. The van der Waals surface area contributed by atoms with Crippen LogP contribution in [0, 0.1) is 0 Å². The molecule has 0 saturated carbocycles. The fraction of sp³-hybridized carbons (Fsp3) is 0.0625. The van der Waals surface area contributed by atoms with E-state index >= 15 is 0 Å². The first-order valence-corrected chi connectivity index (χ1v) is 6.50. The van der Waals surface area contributed by atoms with E-state index in [-0.39, 0.29) is 5.91 Å². The number of pyridine rings is 2. The van der Waals surface area contributed by atoms with Crippen molar-refractivity contribution in [3.63, 3.8) is 0 Å². The second-order valence-electron chi connectivity index (χ2n) is 4.67. The van der Waals surface area contributed by atoms with Gasteiger partial charge in [0, 0.05) is 36.7 Å². The topological polar surface area (TPSA) is 72.1 Å². The highest BCUT2D eigenvalue weighted by Gasteiger charge is 2.17. The Balaban J connectivity index is 2.09. The molecule has 0 aliphatic rings. The van der Waals surface area contributed by atoms with Crippen LogP contribution in [0.3, 0.4) is 0 Å². The van der Waals surface area contributed by atoms with Crippen molar-refractivity contribution in [3.05, 3.63) is 60.6 Å². The van der Waals surface area contributed by atoms with E-state index in [0.717, 1.165) is 16.5 Å². The van der Waals surface area contributed by atoms with E-state index in [1.807, 2.05) is 24.3 Å². The Morgan fingerprint density at radius 2 is 1.76 bits per heavy atom. The summed E-state index contributed by atoms with van der Waals surface area (Å²) in [4.78, 5) is 22.3. The van der Waals surface area contributed by atoms with Crippen molar-refractivity contribution in [2.24, 2.45) is 0 Å². The SMILES string of the molecule is CN(C(=O)c1cnc(N)c2ccccc12)c1ccncc1. The number of fused-ring (bicyclic) bond motifs is 1. The molecule has 5 heteroatoms. The molecule has 0 unspecified atom stereocenters. The molecular weight excluding hydrogens is 264 g/mol. The van der Waals surface area contributed by atoms with Gasteiger partial charge in [-0.25, -0.2) is 4.98 Å². The maximum atomic E-state index is 12.7. The predicted molar refractivity (Wildman–Crippen MR) is 83.1 cm³/mol. The summed E-state index contributed by atoms with van der Waals surface area (Å²) in [6.45, 7) is 0. The minimum Gasteiger partial charge on any atom is -0.383 e. The largest absolute Gasteiger partial charge is 0.383 e. The van der Waals surface area contributed by atoms with Crippen molar-refractivity contribution in [3.8, 4) is 0 Å². The lowest BCUT2D eigenvalue weighted by Crippen LogP contribution is -2.26. The van der Waals surface area contributed by atoms with E-state index in [1.165, 1.54) is 6.20 Å². The van der Waals surface area contributed by atoms with Crippen molar-refractivity contribution in [2.75, 3.05) is 17.7 Å². The summed E-state index contributed by atoms with van der Waals surface area (Å²) in [5, 5.41) is 1.59. The lowest BCUT2D eigenvalue weighted by atomic mass is 10.1. The molecule has 2 aromatic heterocycles. The van der Waals surface area contributed by atoms with Crippen LogP contribution in [-0.4, -0.2) is 22.9 Å². The number of carbonyl (C=O) groups excluding carboxylic acids is 1. The maximum absolute atomic E-state index is 12.7. The summed E-state index contributed by atoms with van der Waals surface area (Å²) < 4.78 is 0. The van der Waals surface area contributed by atoms with Gasteiger partial charge >= 0.3 is 0 Å². The number of hydrogen-bond donors (Lipinski definition) is 1. The van der Waals surface area contributed by atoms with Gasteiger partial charge in [0.1, 0.15) is 5.82 Å². The number of aromatic nitrogens is 2. The van der Waals surface area contributed by atoms with Gasteiger partial charge in [0.25, 0.3) is 5.91 Å². The second kappa shape index (κ2) is 5.20. The van der Waals surface area contributed by atoms with Crippen molar-refractivity contribution < 1.29 is 4.79 Å². The predicted octanol–water partition coefficient (Wildman–Crippen LogP) is 2.49. The van der Waals surface area contributed by atoms with E-state index in [0.29, 0.717) is 11.4 Å². The van der Waals surface area contributed by atoms with Crippen LogP contribution in [0.4, 0.5) is 11.5 Å². The van der Waals surface area contributed by atoms with Gasteiger partial charge in [0.05, 0.1) is 5.56 Å². The zero-order chi connectivity index (χ0) is 14.8. The van der Waals surface area contributed by atoms with Crippen molar-refractivity contribution >= 4 is 28.2 Å². The molecule has 0 radical (unpaired) electrons. The van der Waals surface area contributed by atoms with Gasteiger partial charge < -0.3 is 10.6 Å². The third-order valence-corrected chi connectivity index (χ3v) is 3.41. The van der Waals surface area contributed by atoms with Crippen LogP contribution in [0.2, 0.25) is 0 Å². The molecule has 2 heterocycles. The average Bonchev–Trinajstić information content (AvgIpc) is 2.55. The monoisotopic (exact) mass is 278 g/mol. The van der Waals surface area contributed by atoms with Crippen LogP contribution in [-0.2, 0) is 0 Å². The van der Waals surface area contributed by atoms with E-state index in [9.17, 15) is 4.79 Å². The van der Waals surface area contributed by atoms with Crippen LogP contribution in [0.15, 0.2) is 55.0 Å². The molecule has 3 aromatic rings. The number of nitrogens with two attached hydrogens (primary N) is 1. The quantitative estimate of drug-likeness (QED) is 0.781. The second-order valence-corrected chi connectivity index (χ2v) is 4.67. The van der Waals surface area contributed by atoms with Gasteiger partial charge in [0.2, 0.25) is 0 Å². The third kappa shape index (κ3) is 2.29. The summed E-state index contributed by atoms with van der Waals surface area (Å²) in [6, 6.07) is 11.1. The fourth-order valence-electron chi connectivity index (χ4n) is 2.25. The standard InChI is InChI=1S/C16H14N4O/c1-20(11-6-8-18-9-7-11)16(21)14-10-19-15(17)13-5-3-2-4-12(13)14/h2-10H,1H3,(H2,17,19). The van der Waals surface area contributed by atoms with Crippen LogP contribution in [0.5, 0.6) is 0 Å². The maximum Gasteiger partial charge on any atom is 0.260 e. The molecule has 0 atom stereocenters. The van der Waals surface area contributed by atoms with Gasteiger partial charge in [-0.3, -0.25) is 9.78 Å². The Labute approximate surface area is 122 Å².